The van der Waals surface area contributed by atoms with E-state index < -0.39 is 10.9 Å². The minimum atomic E-state index is -0.548. The summed E-state index contributed by atoms with van der Waals surface area (Å²) >= 11 is 0. The van der Waals surface area contributed by atoms with Crippen molar-refractivity contribution >= 4 is 11.7 Å². The SMILES string of the molecule is CCCCCCCCC(=O)Oc1ccccc1[N+](=O)[O-]. The molecule has 0 bridgehead atoms. The smallest absolute Gasteiger partial charge is 0.311 e. The zero-order chi connectivity index (χ0) is 14.8. The maximum atomic E-state index is 11.6. The standard InChI is InChI=1S/C15H21NO4/c1-2-3-4-5-6-7-12-15(17)20-14-11-9-8-10-13(14)16(18)19/h8-11H,2-7,12H2,1H3. The van der Waals surface area contributed by atoms with Crippen molar-refractivity contribution in [3.8, 4) is 5.75 Å². The lowest BCUT2D eigenvalue weighted by atomic mass is 10.1. The number of esters is 1. The van der Waals surface area contributed by atoms with Gasteiger partial charge in [-0.05, 0) is 12.5 Å². The van der Waals surface area contributed by atoms with Gasteiger partial charge >= 0.3 is 11.7 Å². The number of para-hydroxylation sites is 2. The predicted octanol–water partition coefficient (Wildman–Crippen LogP) is 4.25. The molecule has 110 valence electrons. The summed E-state index contributed by atoms with van der Waals surface area (Å²) in [5.74, 6) is -0.386. The molecule has 1 aromatic rings. The number of carbonyl (C=O) groups excluding carboxylic acids is 1. The van der Waals surface area contributed by atoms with Crippen molar-refractivity contribution in [1.29, 1.82) is 0 Å². The number of nitrogens with zero attached hydrogens (tertiary/aromatic N) is 1. The van der Waals surface area contributed by atoms with Gasteiger partial charge in [0.2, 0.25) is 5.75 Å². The van der Waals surface area contributed by atoms with E-state index in [1.54, 1.807) is 12.1 Å². The molecule has 0 spiro atoms. The van der Waals surface area contributed by atoms with Gasteiger partial charge in [-0.25, -0.2) is 0 Å². The van der Waals surface area contributed by atoms with E-state index in [9.17, 15) is 14.9 Å². The monoisotopic (exact) mass is 279 g/mol. The van der Waals surface area contributed by atoms with Gasteiger partial charge in [-0.3, -0.25) is 14.9 Å². The van der Waals surface area contributed by atoms with Gasteiger partial charge in [-0.15, -0.1) is 0 Å². The van der Waals surface area contributed by atoms with Crippen LogP contribution in [0.2, 0.25) is 0 Å². The van der Waals surface area contributed by atoms with Crippen molar-refractivity contribution in [2.45, 2.75) is 51.9 Å². The quantitative estimate of drug-likeness (QED) is 0.223. The van der Waals surface area contributed by atoms with Crippen LogP contribution in [0.5, 0.6) is 5.75 Å². The summed E-state index contributed by atoms with van der Waals surface area (Å²) < 4.78 is 5.05. The fourth-order valence-corrected chi connectivity index (χ4v) is 1.92. The highest BCUT2D eigenvalue weighted by atomic mass is 16.6. The van der Waals surface area contributed by atoms with Crippen LogP contribution >= 0.6 is 0 Å². The highest BCUT2D eigenvalue weighted by molar-refractivity contribution is 5.73. The second-order valence-electron chi connectivity index (χ2n) is 4.72. The molecule has 0 N–H and O–H groups in total. The summed E-state index contributed by atoms with van der Waals surface area (Å²) in [6.07, 6.45) is 6.79. The van der Waals surface area contributed by atoms with Crippen molar-refractivity contribution in [3.63, 3.8) is 0 Å². The lowest BCUT2D eigenvalue weighted by Gasteiger charge is -2.04. The number of nitro benzene ring substituents is 1. The van der Waals surface area contributed by atoms with Crippen LogP contribution in [0.15, 0.2) is 24.3 Å². The van der Waals surface area contributed by atoms with Crippen LogP contribution in [-0.2, 0) is 4.79 Å². The maximum absolute atomic E-state index is 11.6. The molecule has 0 amide bonds. The van der Waals surface area contributed by atoms with E-state index in [0.29, 0.717) is 6.42 Å². The number of ether oxygens (including phenoxy) is 1. The topological polar surface area (TPSA) is 69.4 Å². The predicted molar refractivity (Wildman–Crippen MR) is 76.7 cm³/mol. The van der Waals surface area contributed by atoms with Gasteiger partial charge in [-0.2, -0.15) is 0 Å². The number of unbranched alkanes of at least 4 members (excludes halogenated alkanes) is 5. The molecular formula is C15H21NO4. The van der Waals surface area contributed by atoms with E-state index in [1.165, 1.54) is 31.4 Å². The first-order chi connectivity index (χ1) is 9.65. The molecule has 0 aromatic heterocycles. The summed E-state index contributed by atoms with van der Waals surface area (Å²) in [7, 11) is 0. The fraction of sp³-hybridized carbons (Fsp3) is 0.533. The molecule has 0 unspecified atom stereocenters. The van der Waals surface area contributed by atoms with Crippen LogP contribution in [0.25, 0.3) is 0 Å². The number of rotatable bonds is 9. The van der Waals surface area contributed by atoms with E-state index >= 15 is 0 Å². The molecule has 0 aliphatic heterocycles. The third-order valence-corrected chi connectivity index (χ3v) is 3.02. The Labute approximate surface area is 119 Å². The molecule has 0 atom stereocenters. The fourth-order valence-electron chi connectivity index (χ4n) is 1.92. The van der Waals surface area contributed by atoms with Gasteiger partial charge in [0, 0.05) is 12.5 Å². The molecule has 0 fully saturated rings. The number of hydrogen-bond acceptors (Lipinski definition) is 4. The van der Waals surface area contributed by atoms with Gasteiger partial charge in [0.05, 0.1) is 4.92 Å². The summed E-state index contributed by atoms with van der Waals surface area (Å²) in [6.45, 7) is 2.16. The molecule has 0 aliphatic rings. The Kier molecular flexibility index (Phi) is 7.32. The Balaban J connectivity index is 2.34. The largest absolute Gasteiger partial charge is 0.419 e. The molecule has 20 heavy (non-hydrogen) atoms. The third kappa shape index (κ3) is 5.82. The Morgan fingerprint density at radius 2 is 1.80 bits per heavy atom. The lowest BCUT2D eigenvalue weighted by molar-refractivity contribution is -0.385. The Bertz CT molecular complexity index is 445. The second-order valence-corrected chi connectivity index (χ2v) is 4.72. The third-order valence-electron chi connectivity index (χ3n) is 3.02. The maximum Gasteiger partial charge on any atom is 0.311 e. The summed E-state index contributed by atoms with van der Waals surface area (Å²) in [5, 5.41) is 10.8. The molecular weight excluding hydrogens is 258 g/mol. The van der Waals surface area contributed by atoms with E-state index in [-0.39, 0.29) is 11.4 Å². The van der Waals surface area contributed by atoms with Crippen LogP contribution in [0.3, 0.4) is 0 Å². The van der Waals surface area contributed by atoms with Gasteiger partial charge < -0.3 is 4.74 Å². The molecule has 0 radical (unpaired) electrons. The van der Waals surface area contributed by atoms with Crippen molar-refractivity contribution in [1.82, 2.24) is 0 Å². The number of hydrogen-bond donors (Lipinski definition) is 0. The van der Waals surface area contributed by atoms with E-state index in [0.717, 1.165) is 19.3 Å². The van der Waals surface area contributed by atoms with Crippen molar-refractivity contribution in [2.24, 2.45) is 0 Å². The summed E-state index contributed by atoms with van der Waals surface area (Å²) in [5.41, 5.74) is -0.177. The lowest BCUT2D eigenvalue weighted by Crippen LogP contribution is -2.08. The summed E-state index contributed by atoms with van der Waals surface area (Å²) in [6, 6.07) is 5.92. The second kappa shape index (κ2) is 9.07. The molecule has 0 heterocycles. The first kappa shape index (κ1) is 16.1. The highest BCUT2D eigenvalue weighted by Crippen LogP contribution is 2.26. The van der Waals surface area contributed by atoms with E-state index in [1.807, 2.05) is 0 Å². The van der Waals surface area contributed by atoms with Crippen molar-refractivity contribution in [2.75, 3.05) is 0 Å². The minimum Gasteiger partial charge on any atom is -0.419 e. The van der Waals surface area contributed by atoms with Crippen LogP contribution in [0.4, 0.5) is 5.69 Å². The molecule has 5 heteroatoms. The first-order valence-electron chi connectivity index (χ1n) is 7.09. The zero-order valence-corrected chi connectivity index (χ0v) is 11.8. The average Bonchev–Trinajstić information content (AvgIpc) is 2.43. The summed E-state index contributed by atoms with van der Waals surface area (Å²) in [4.78, 5) is 21.9. The van der Waals surface area contributed by atoms with Gasteiger partial charge in [0.25, 0.3) is 0 Å². The first-order valence-corrected chi connectivity index (χ1v) is 7.09. The van der Waals surface area contributed by atoms with Gasteiger partial charge in [0.15, 0.2) is 0 Å². The van der Waals surface area contributed by atoms with Crippen LogP contribution in [0.1, 0.15) is 51.9 Å². The number of nitro groups is 1. The molecule has 5 nitrogen and oxygen atoms in total. The van der Waals surface area contributed by atoms with Crippen LogP contribution in [0, 0.1) is 10.1 Å². The van der Waals surface area contributed by atoms with Crippen molar-refractivity contribution < 1.29 is 14.5 Å². The zero-order valence-electron chi connectivity index (χ0n) is 11.8. The molecule has 0 saturated carbocycles. The van der Waals surface area contributed by atoms with E-state index in [4.69, 9.17) is 4.74 Å². The molecule has 1 rings (SSSR count). The minimum absolute atomic E-state index is 0.0217. The number of benzene rings is 1. The Hall–Kier alpha value is -1.91. The Morgan fingerprint density at radius 1 is 1.15 bits per heavy atom. The normalized spacial score (nSPS) is 10.2. The molecule has 0 saturated heterocycles. The highest BCUT2D eigenvalue weighted by Gasteiger charge is 2.16. The molecule has 0 aliphatic carbocycles. The van der Waals surface area contributed by atoms with Gasteiger partial charge in [-0.1, -0.05) is 51.2 Å². The molecule has 1 aromatic carbocycles. The van der Waals surface area contributed by atoms with E-state index in [2.05, 4.69) is 6.92 Å². The van der Waals surface area contributed by atoms with Crippen LogP contribution in [-0.4, -0.2) is 10.9 Å². The average molecular weight is 279 g/mol. The Morgan fingerprint density at radius 3 is 2.50 bits per heavy atom. The van der Waals surface area contributed by atoms with Crippen LogP contribution < -0.4 is 4.74 Å². The van der Waals surface area contributed by atoms with Gasteiger partial charge in [0.1, 0.15) is 0 Å². The van der Waals surface area contributed by atoms with Crippen molar-refractivity contribution in [3.05, 3.63) is 34.4 Å². The number of carbonyl (C=O) groups is 1.